The third kappa shape index (κ3) is 3.46. The lowest BCUT2D eigenvalue weighted by Gasteiger charge is -2.25. The van der Waals surface area contributed by atoms with Crippen LogP contribution in [0.5, 0.6) is 0 Å². The molecule has 1 saturated carbocycles. The van der Waals surface area contributed by atoms with Crippen LogP contribution in [0.4, 0.5) is 0 Å². The van der Waals surface area contributed by atoms with Gasteiger partial charge in [-0.3, -0.25) is 9.00 Å². The van der Waals surface area contributed by atoms with Crippen LogP contribution in [0.2, 0.25) is 0 Å². The highest BCUT2D eigenvalue weighted by Gasteiger charge is 2.24. The number of hydrogen-bond donors (Lipinski definition) is 1. The molecule has 1 aliphatic carbocycles. The summed E-state index contributed by atoms with van der Waals surface area (Å²) in [4.78, 5) is 10.6. The molecule has 0 radical (unpaired) electrons. The van der Waals surface area contributed by atoms with Crippen molar-refractivity contribution in [3.05, 3.63) is 0 Å². The van der Waals surface area contributed by atoms with Gasteiger partial charge in [0.2, 0.25) is 5.91 Å². The van der Waals surface area contributed by atoms with Gasteiger partial charge >= 0.3 is 0 Å². The lowest BCUT2D eigenvalue weighted by atomic mass is 9.91. The fraction of sp³-hybridized carbons (Fsp3) is 0.889. The van der Waals surface area contributed by atoms with Gasteiger partial charge in [-0.15, -0.1) is 0 Å². The van der Waals surface area contributed by atoms with Gasteiger partial charge in [0.05, 0.1) is 0 Å². The van der Waals surface area contributed by atoms with Gasteiger partial charge in [0.1, 0.15) is 5.75 Å². The van der Waals surface area contributed by atoms with E-state index in [1.165, 1.54) is 6.42 Å². The first-order valence-electron chi connectivity index (χ1n) is 4.75. The van der Waals surface area contributed by atoms with Crippen molar-refractivity contribution in [3.63, 3.8) is 0 Å². The molecule has 1 rings (SSSR count). The molecule has 0 aromatic heterocycles. The summed E-state index contributed by atoms with van der Waals surface area (Å²) in [6.07, 6.45) is 4.34. The van der Waals surface area contributed by atoms with Gasteiger partial charge in [-0.1, -0.05) is 19.8 Å². The Hall–Kier alpha value is -0.380. The van der Waals surface area contributed by atoms with Crippen molar-refractivity contribution in [3.8, 4) is 0 Å². The fourth-order valence-corrected chi connectivity index (χ4v) is 3.36. The van der Waals surface area contributed by atoms with Gasteiger partial charge in [0, 0.05) is 16.0 Å². The zero-order valence-electron chi connectivity index (χ0n) is 7.99. The van der Waals surface area contributed by atoms with E-state index < -0.39 is 16.7 Å². The average Bonchev–Trinajstić information content (AvgIpc) is 2.03. The lowest BCUT2D eigenvalue weighted by molar-refractivity contribution is -0.115. The van der Waals surface area contributed by atoms with E-state index in [0.717, 1.165) is 19.3 Å². The Kier molecular flexibility index (Phi) is 3.90. The van der Waals surface area contributed by atoms with Crippen molar-refractivity contribution >= 4 is 16.7 Å². The number of carbonyl (C=O) groups is 1. The Labute approximate surface area is 81.5 Å². The van der Waals surface area contributed by atoms with E-state index >= 15 is 0 Å². The van der Waals surface area contributed by atoms with E-state index in [-0.39, 0.29) is 11.0 Å². The zero-order chi connectivity index (χ0) is 9.84. The van der Waals surface area contributed by atoms with Crippen LogP contribution < -0.4 is 5.73 Å². The van der Waals surface area contributed by atoms with E-state index in [1.807, 2.05) is 0 Å². The van der Waals surface area contributed by atoms with Crippen LogP contribution in [-0.4, -0.2) is 21.1 Å². The second-order valence-corrected chi connectivity index (χ2v) is 5.60. The maximum absolute atomic E-state index is 11.6. The van der Waals surface area contributed by atoms with Gasteiger partial charge in [-0.25, -0.2) is 0 Å². The second-order valence-electron chi connectivity index (χ2n) is 3.89. The lowest BCUT2D eigenvalue weighted by Crippen LogP contribution is -2.29. The van der Waals surface area contributed by atoms with Crippen molar-refractivity contribution in [2.24, 2.45) is 11.7 Å². The molecule has 76 valence electrons. The topological polar surface area (TPSA) is 60.2 Å². The van der Waals surface area contributed by atoms with Gasteiger partial charge in [-0.2, -0.15) is 0 Å². The Balaban J connectivity index is 2.41. The first kappa shape index (κ1) is 10.7. The van der Waals surface area contributed by atoms with Crippen LogP contribution in [0.15, 0.2) is 0 Å². The molecule has 0 aromatic carbocycles. The molecule has 1 amide bonds. The van der Waals surface area contributed by atoms with Gasteiger partial charge in [0.25, 0.3) is 0 Å². The predicted octanol–water partition coefficient (Wildman–Crippen LogP) is 0.799. The van der Waals surface area contributed by atoms with Gasteiger partial charge in [-0.05, 0) is 18.8 Å². The number of rotatable bonds is 3. The second kappa shape index (κ2) is 4.74. The Bertz CT molecular complexity index is 218. The van der Waals surface area contributed by atoms with Crippen molar-refractivity contribution in [1.29, 1.82) is 0 Å². The first-order chi connectivity index (χ1) is 6.09. The van der Waals surface area contributed by atoms with E-state index in [4.69, 9.17) is 5.73 Å². The average molecular weight is 203 g/mol. The SMILES string of the molecule is CC1CCCC(S(=O)CC(N)=O)C1. The van der Waals surface area contributed by atoms with E-state index in [9.17, 15) is 9.00 Å². The van der Waals surface area contributed by atoms with Crippen LogP contribution in [0.25, 0.3) is 0 Å². The summed E-state index contributed by atoms with van der Waals surface area (Å²) in [6.45, 7) is 2.17. The monoisotopic (exact) mass is 203 g/mol. The molecule has 0 saturated heterocycles. The third-order valence-electron chi connectivity index (χ3n) is 2.54. The van der Waals surface area contributed by atoms with Crippen molar-refractivity contribution < 1.29 is 9.00 Å². The maximum Gasteiger partial charge on any atom is 0.230 e. The number of nitrogens with two attached hydrogens (primary N) is 1. The number of hydrogen-bond acceptors (Lipinski definition) is 2. The zero-order valence-corrected chi connectivity index (χ0v) is 8.81. The maximum atomic E-state index is 11.6. The molecular weight excluding hydrogens is 186 g/mol. The molecule has 3 unspecified atom stereocenters. The highest BCUT2D eigenvalue weighted by atomic mass is 32.2. The summed E-state index contributed by atoms with van der Waals surface area (Å²) < 4.78 is 11.6. The quantitative estimate of drug-likeness (QED) is 0.737. The standard InChI is InChI=1S/C9H17NO2S/c1-7-3-2-4-8(5-7)13(12)6-9(10)11/h7-8H,2-6H2,1H3,(H2,10,11). The number of primary amides is 1. The molecule has 0 aliphatic heterocycles. The molecule has 2 N–H and O–H groups in total. The normalized spacial score (nSPS) is 31.2. The van der Waals surface area contributed by atoms with Crippen molar-refractivity contribution in [2.75, 3.05) is 5.75 Å². The summed E-state index contributed by atoms with van der Waals surface area (Å²) in [7, 11) is -1.03. The van der Waals surface area contributed by atoms with Crippen LogP contribution in [0, 0.1) is 5.92 Å². The Morgan fingerprint density at radius 1 is 1.54 bits per heavy atom. The fourth-order valence-electron chi connectivity index (χ4n) is 1.88. The third-order valence-corrected chi connectivity index (χ3v) is 4.29. The summed E-state index contributed by atoms with van der Waals surface area (Å²) in [5, 5.41) is 0.205. The molecule has 0 bridgehead atoms. The largest absolute Gasteiger partial charge is 0.369 e. The highest BCUT2D eigenvalue weighted by Crippen LogP contribution is 2.26. The Morgan fingerprint density at radius 2 is 2.23 bits per heavy atom. The van der Waals surface area contributed by atoms with E-state index in [0.29, 0.717) is 5.92 Å². The van der Waals surface area contributed by atoms with E-state index in [1.54, 1.807) is 0 Å². The minimum absolute atomic E-state index is 0.0391. The summed E-state index contributed by atoms with van der Waals surface area (Å²) in [5.74, 6) is 0.240. The molecule has 1 aliphatic rings. The molecular formula is C9H17NO2S. The van der Waals surface area contributed by atoms with Crippen molar-refractivity contribution in [2.45, 2.75) is 37.9 Å². The molecule has 4 heteroatoms. The van der Waals surface area contributed by atoms with E-state index in [2.05, 4.69) is 6.92 Å². The molecule has 0 spiro atoms. The predicted molar refractivity (Wildman–Crippen MR) is 53.6 cm³/mol. The van der Waals surface area contributed by atoms with Crippen LogP contribution in [-0.2, 0) is 15.6 Å². The molecule has 0 aromatic rings. The smallest absolute Gasteiger partial charge is 0.230 e. The summed E-state index contributed by atoms with van der Waals surface area (Å²) in [5.41, 5.74) is 5.00. The minimum atomic E-state index is -1.03. The van der Waals surface area contributed by atoms with Crippen LogP contribution >= 0.6 is 0 Å². The van der Waals surface area contributed by atoms with Gasteiger partial charge < -0.3 is 5.73 Å². The highest BCUT2D eigenvalue weighted by molar-refractivity contribution is 7.86. The molecule has 1 fully saturated rings. The summed E-state index contributed by atoms with van der Waals surface area (Å²) >= 11 is 0. The number of carbonyl (C=O) groups excluding carboxylic acids is 1. The molecule has 3 nitrogen and oxygen atoms in total. The molecule has 13 heavy (non-hydrogen) atoms. The van der Waals surface area contributed by atoms with Gasteiger partial charge in [0.15, 0.2) is 0 Å². The first-order valence-corrected chi connectivity index (χ1v) is 6.13. The Morgan fingerprint density at radius 3 is 2.77 bits per heavy atom. The van der Waals surface area contributed by atoms with Crippen molar-refractivity contribution in [1.82, 2.24) is 0 Å². The minimum Gasteiger partial charge on any atom is -0.369 e. The van der Waals surface area contributed by atoms with Crippen LogP contribution in [0.3, 0.4) is 0 Å². The molecule has 0 heterocycles. The number of amides is 1. The molecule has 3 atom stereocenters. The van der Waals surface area contributed by atoms with Crippen LogP contribution in [0.1, 0.15) is 32.6 Å². The summed E-state index contributed by atoms with van der Waals surface area (Å²) in [6, 6.07) is 0.